The second kappa shape index (κ2) is 9.82. The molecule has 4 nitrogen and oxygen atoms in total. The van der Waals surface area contributed by atoms with E-state index >= 15 is 0 Å². The van der Waals surface area contributed by atoms with Crippen molar-refractivity contribution in [3.05, 3.63) is 24.3 Å². The lowest BCUT2D eigenvalue weighted by Gasteiger charge is -2.25. The van der Waals surface area contributed by atoms with E-state index in [4.69, 9.17) is 14.8 Å². The molecule has 1 aromatic rings. The van der Waals surface area contributed by atoms with Gasteiger partial charge in [0.2, 0.25) is 0 Å². The first-order chi connectivity index (χ1) is 10.1. The van der Waals surface area contributed by atoms with Crippen molar-refractivity contribution in [1.29, 1.82) is 0 Å². The molecule has 118 valence electrons. The Labute approximate surface area is 128 Å². The molecule has 2 N–H and O–H groups in total. The van der Waals surface area contributed by atoms with Gasteiger partial charge in [0.25, 0.3) is 0 Å². The fourth-order valence-corrected chi connectivity index (χ4v) is 2.32. The zero-order chi connectivity index (χ0) is 15.7. The van der Waals surface area contributed by atoms with Crippen molar-refractivity contribution in [1.82, 2.24) is 4.90 Å². The topological polar surface area (TPSA) is 52.9 Å². The molecule has 1 aromatic carbocycles. The molecular weight excluding hydrogens is 265 g/mol. The number of rotatable bonds is 10. The minimum absolute atomic E-state index is 0.478. The Morgan fingerprint density at radius 1 is 1.10 bits per heavy atom. The molecule has 0 heterocycles. The fraction of sp³-hybridized carbons (Fsp3) is 0.625. The molecule has 0 aliphatic carbocycles. The highest BCUT2D eigenvalue weighted by atomic mass is 16.5. The van der Waals surface area contributed by atoms with E-state index in [1.165, 1.54) is 12.8 Å². The fourth-order valence-electron chi connectivity index (χ4n) is 2.32. The first kappa shape index (κ1) is 18.0. The lowest BCUT2D eigenvalue weighted by molar-refractivity contribution is 0.188. The second-order valence-corrected chi connectivity index (χ2v) is 5.37. The van der Waals surface area contributed by atoms with Crippen molar-refractivity contribution in [2.45, 2.75) is 33.6 Å². The summed E-state index contributed by atoms with van der Waals surface area (Å²) in [7, 11) is -1.42. The van der Waals surface area contributed by atoms with Crippen LogP contribution in [0.15, 0.2) is 24.3 Å². The second-order valence-electron chi connectivity index (χ2n) is 5.37. The van der Waals surface area contributed by atoms with E-state index in [1.54, 1.807) is 24.3 Å². The van der Waals surface area contributed by atoms with Gasteiger partial charge >= 0.3 is 7.12 Å². The van der Waals surface area contributed by atoms with Gasteiger partial charge in [-0.1, -0.05) is 45.7 Å². The van der Waals surface area contributed by atoms with Crippen LogP contribution in [-0.2, 0) is 0 Å². The predicted molar refractivity (Wildman–Crippen MR) is 87.9 cm³/mol. The third kappa shape index (κ3) is 6.51. The summed E-state index contributed by atoms with van der Waals surface area (Å²) in [6.07, 6.45) is 2.44. The summed E-state index contributed by atoms with van der Waals surface area (Å²) in [5, 5.41) is 18.1. The highest BCUT2D eigenvalue weighted by Crippen LogP contribution is 2.11. The SMILES string of the molecule is CCC(CC)CN(CC)CCOc1ccc(B(O)O)cc1. The van der Waals surface area contributed by atoms with Crippen molar-refractivity contribution >= 4 is 12.6 Å². The monoisotopic (exact) mass is 293 g/mol. The van der Waals surface area contributed by atoms with Crippen LogP contribution in [0.4, 0.5) is 0 Å². The molecule has 0 saturated carbocycles. The van der Waals surface area contributed by atoms with E-state index in [1.807, 2.05) is 0 Å². The maximum absolute atomic E-state index is 9.03. The van der Waals surface area contributed by atoms with Crippen molar-refractivity contribution in [3.63, 3.8) is 0 Å². The van der Waals surface area contributed by atoms with E-state index in [9.17, 15) is 0 Å². The molecule has 0 aliphatic rings. The Morgan fingerprint density at radius 3 is 2.19 bits per heavy atom. The Bertz CT molecular complexity index is 380. The van der Waals surface area contributed by atoms with Crippen LogP contribution in [0.1, 0.15) is 33.6 Å². The first-order valence-corrected chi connectivity index (χ1v) is 7.91. The van der Waals surface area contributed by atoms with Crippen LogP contribution in [0, 0.1) is 5.92 Å². The molecule has 0 aromatic heterocycles. The van der Waals surface area contributed by atoms with Gasteiger partial charge in [-0.05, 0) is 30.1 Å². The van der Waals surface area contributed by atoms with Crippen molar-refractivity contribution in [3.8, 4) is 5.75 Å². The zero-order valence-electron chi connectivity index (χ0n) is 13.5. The number of ether oxygens (including phenoxy) is 1. The standard InChI is InChI=1S/C16H28BNO3/c1-4-14(5-2)13-18(6-3)11-12-21-16-9-7-15(8-10-16)17(19)20/h7-10,14,19-20H,4-6,11-13H2,1-3H3. The summed E-state index contributed by atoms with van der Waals surface area (Å²) in [5.74, 6) is 1.52. The summed E-state index contributed by atoms with van der Waals surface area (Å²) in [6, 6.07) is 6.88. The number of hydrogen-bond acceptors (Lipinski definition) is 4. The van der Waals surface area contributed by atoms with Crippen LogP contribution in [-0.4, -0.2) is 48.3 Å². The van der Waals surface area contributed by atoms with Gasteiger partial charge < -0.3 is 14.8 Å². The third-order valence-corrected chi connectivity index (χ3v) is 3.97. The van der Waals surface area contributed by atoms with Gasteiger partial charge in [-0.15, -0.1) is 0 Å². The van der Waals surface area contributed by atoms with E-state index in [2.05, 4.69) is 25.7 Å². The Hall–Kier alpha value is -1.04. The summed E-state index contributed by atoms with van der Waals surface area (Å²) in [6.45, 7) is 10.4. The summed E-state index contributed by atoms with van der Waals surface area (Å²) in [5.41, 5.74) is 0.478. The largest absolute Gasteiger partial charge is 0.492 e. The predicted octanol–water partition coefficient (Wildman–Crippen LogP) is 1.50. The van der Waals surface area contributed by atoms with Crippen molar-refractivity contribution < 1.29 is 14.8 Å². The van der Waals surface area contributed by atoms with Gasteiger partial charge in [-0.2, -0.15) is 0 Å². The van der Waals surface area contributed by atoms with Crippen LogP contribution in [0.25, 0.3) is 0 Å². The van der Waals surface area contributed by atoms with Gasteiger partial charge in [-0.3, -0.25) is 4.90 Å². The Kier molecular flexibility index (Phi) is 8.42. The molecule has 0 unspecified atom stereocenters. The average molecular weight is 293 g/mol. The van der Waals surface area contributed by atoms with E-state index in [0.717, 1.165) is 31.3 Å². The molecule has 0 radical (unpaired) electrons. The summed E-state index contributed by atoms with van der Waals surface area (Å²) in [4.78, 5) is 2.42. The van der Waals surface area contributed by atoms with Crippen molar-refractivity contribution in [2.24, 2.45) is 5.92 Å². The van der Waals surface area contributed by atoms with Gasteiger partial charge in [0.05, 0.1) is 0 Å². The molecule has 0 saturated heterocycles. The van der Waals surface area contributed by atoms with Gasteiger partial charge in [0, 0.05) is 13.1 Å². The molecule has 0 aliphatic heterocycles. The normalized spacial score (nSPS) is 11.2. The minimum Gasteiger partial charge on any atom is -0.492 e. The lowest BCUT2D eigenvalue weighted by atomic mass is 9.80. The molecule has 0 spiro atoms. The minimum atomic E-state index is -1.42. The van der Waals surface area contributed by atoms with Gasteiger partial charge in [0.1, 0.15) is 12.4 Å². The van der Waals surface area contributed by atoms with Crippen LogP contribution >= 0.6 is 0 Å². The highest BCUT2D eigenvalue weighted by Gasteiger charge is 2.11. The quantitative estimate of drug-likeness (QED) is 0.642. The molecule has 0 bridgehead atoms. The summed E-state index contributed by atoms with van der Waals surface area (Å²) < 4.78 is 5.72. The zero-order valence-corrected chi connectivity index (χ0v) is 13.5. The van der Waals surface area contributed by atoms with Crippen LogP contribution < -0.4 is 10.2 Å². The van der Waals surface area contributed by atoms with Gasteiger partial charge in [-0.25, -0.2) is 0 Å². The first-order valence-electron chi connectivity index (χ1n) is 7.91. The van der Waals surface area contributed by atoms with Crippen molar-refractivity contribution in [2.75, 3.05) is 26.2 Å². The lowest BCUT2D eigenvalue weighted by Crippen LogP contribution is -2.33. The Balaban J connectivity index is 2.36. The van der Waals surface area contributed by atoms with Gasteiger partial charge in [0.15, 0.2) is 0 Å². The Morgan fingerprint density at radius 2 is 1.71 bits per heavy atom. The maximum Gasteiger partial charge on any atom is 0.488 e. The summed E-state index contributed by atoms with van der Waals surface area (Å²) >= 11 is 0. The number of benzene rings is 1. The smallest absolute Gasteiger partial charge is 0.488 e. The molecule has 21 heavy (non-hydrogen) atoms. The molecule has 0 atom stereocenters. The molecule has 5 heteroatoms. The molecular formula is C16H28BNO3. The molecule has 1 rings (SSSR count). The van der Waals surface area contributed by atoms with E-state index < -0.39 is 7.12 Å². The average Bonchev–Trinajstić information content (AvgIpc) is 2.51. The van der Waals surface area contributed by atoms with Crippen LogP contribution in [0.5, 0.6) is 5.75 Å². The number of likely N-dealkylation sites (N-methyl/N-ethyl adjacent to an activating group) is 1. The van der Waals surface area contributed by atoms with Crippen LogP contribution in [0.3, 0.4) is 0 Å². The number of hydrogen-bond donors (Lipinski definition) is 2. The number of nitrogens with zero attached hydrogens (tertiary/aromatic N) is 1. The molecule has 0 fully saturated rings. The maximum atomic E-state index is 9.03. The molecule has 0 amide bonds. The van der Waals surface area contributed by atoms with E-state index in [-0.39, 0.29) is 0 Å². The third-order valence-electron chi connectivity index (χ3n) is 3.97. The van der Waals surface area contributed by atoms with Crippen LogP contribution in [0.2, 0.25) is 0 Å². The van der Waals surface area contributed by atoms with E-state index in [0.29, 0.717) is 12.1 Å². The highest BCUT2D eigenvalue weighted by molar-refractivity contribution is 6.58.